The van der Waals surface area contributed by atoms with E-state index in [0.717, 1.165) is 0 Å². The van der Waals surface area contributed by atoms with Crippen LogP contribution in [0.5, 0.6) is 0 Å². The zero-order chi connectivity index (χ0) is 31.5. The Morgan fingerprint density at radius 3 is 2.33 bits per heavy atom. The highest BCUT2D eigenvalue weighted by molar-refractivity contribution is 6.00. The molecule has 3 aromatic heterocycles. The lowest BCUT2D eigenvalue weighted by Crippen LogP contribution is -2.37. The summed E-state index contributed by atoms with van der Waals surface area (Å²) in [6, 6.07) is 14.9. The van der Waals surface area contributed by atoms with Crippen LogP contribution in [0.25, 0.3) is 33.5 Å². The van der Waals surface area contributed by atoms with Gasteiger partial charge in [-0.1, -0.05) is 0 Å². The summed E-state index contributed by atoms with van der Waals surface area (Å²) in [5.74, 6) is -0.843. The molecule has 228 valence electrons. The molecular formula is C32H28F2N8O3. The van der Waals surface area contributed by atoms with Crippen molar-refractivity contribution in [2.45, 2.75) is 0 Å². The molecule has 1 aliphatic heterocycles. The molecule has 4 heterocycles. The first-order valence-corrected chi connectivity index (χ1v) is 14.1. The van der Waals surface area contributed by atoms with E-state index in [4.69, 9.17) is 9.72 Å². The number of pyridine rings is 2. The second kappa shape index (κ2) is 12.6. The van der Waals surface area contributed by atoms with Crippen LogP contribution in [0.3, 0.4) is 0 Å². The molecule has 0 aliphatic carbocycles. The van der Waals surface area contributed by atoms with Crippen LogP contribution in [0.2, 0.25) is 0 Å². The van der Waals surface area contributed by atoms with E-state index >= 15 is 4.39 Å². The number of hydrogen-bond donors (Lipinski definition) is 2. The number of halogens is 2. The molecule has 2 N–H and O–H groups in total. The second-order valence-corrected chi connectivity index (χ2v) is 10.5. The van der Waals surface area contributed by atoms with E-state index in [0.29, 0.717) is 60.0 Å². The van der Waals surface area contributed by atoms with Gasteiger partial charge in [-0.2, -0.15) is 4.39 Å². The van der Waals surface area contributed by atoms with E-state index in [1.54, 1.807) is 68.8 Å². The maximum Gasteiger partial charge on any atom is 0.323 e. The van der Waals surface area contributed by atoms with Crippen LogP contribution >= 0.6 is 0 Å². The third-order valence-electron chi connectivity index (χ3n) is 7.16. The van der Waals surface area contributed by atoms with Crippen molar-refractivity contribution >= 4 is 40.2 Å². The fraction of sp³-hybridized carbons (Fsp3) is 0.188. The molecule has 0 radical (unpaired) electrons. The molecule has 1 saturated heterocycles. The predicted octanol–water partition coefficient (Wildman–Crippen LogP) is 5.21. The number of anilines is 3. The average molecular weight is 611 g/mol. The SMILES string of the molecule is CN(C)C(=O)c1ccc(NC(=O)Nc2ccc(-c3nc(N4CCOCC4)c4ncc(-c5cccnc5F)cc4n3)c(F)c2)cc1. The van der Waals surface area contributed by atoms with E-state index in [9.17, 15) is 14.0 Å². The second-order valence-electron chi connectivity index (χ2n) is 10.5. The van der Waals surface area contributed by atoms with E-state index in [-0.39, 0.29) is 28.5 Å². The van der Waals surface area contributed by atoms with Crippen molar-refractivity contribution in [1.82, 2.24) is 24.8 Å². The molecular weight excluding hydrogens is 582 g/mol. The van der Waals surface area contributed by atoms with Crippen molar-refractivity contribution in [3.8, 4) is 22.5 Å². The van der Waals surface area contributed by atoms with E-state index in [1.807, 2.05) is 4.90 Å². The zero-order valence-electron chi connectivity index (χ0n) is 24.4. The standard InChI is InChI=1S/C32H28F2N8O3/c1-41(2)31(43)19-5-7-21(8-6-19)37-32(44)38-22-9-10-24(25(33)17-22)29-39-26-16-20(23-4-3-11-35-28(23)34)18-36-27(26)30(40-29)42-12-14-45-15-13-42/h3-11,16-18H,12-15H2,1-2H3,(H2,37,38,44). The summed E-state index contributed by atoms with van der Waals surface area (Å²) in [6.07, 6.45) is 2.90. The molecule has 0 bridgehead atoms. The van der Waals surface area contributed by atoms with Crippen LogP contribution in [-0.2, 0) is 4.74 Å². The molecule has 2 aromatic carbocycles. The quantitative estimate of drug-likeness (QED) is 0.251. The first-order chi connectivity index (χ1) is 21.8. The van der Waals surface area contributed by atoms with Gasteiger partial charge in [-0.15, -0.1) is 0 Å². The van der Waals surface area contributed by atoms with Crippen LogP contribution in [0.4, 0.5) is 30.8 Å². The number of rotatable bonds is 6. The number of nitrogens with one attached hydrogen (secondary N) is 2. The third-order valence-corrected chi connectivity index (χ3v) is 7.16. The average Bonchev–Trinajstić information content (AvgIpc) is 3.04. The number of hydrogen-bond acceptors (Lipinski definition) is 8. The van der Waals surface area contributed by atoms with Crippen LogP contribution in [0.1, 0.15) is 10.4 Å². The number of benzene rings is 2. The maximum absolute atomic E-state index is 15.6. The number of carbonyl (C=O) groups excluding carboxylic acids is 2. The molecule has 0 atom stereocenters. The largest absolute Gasteiger partial charge is 0.378 e. The van der Waals surface area contributed by atoms with Crippen LogP contribution < -0.4 is 15.5 Å². The van der Waals surface area contributed by atoms with Gasteiger partial charge in [0.15, 0.2) is 11.6 Å². The van der Waals surface area contributed by atoms with Gasteiger partial charge in [-0.3, -0.25) is 9.78 Å². The maximum atomic E-state index is 15.6. The van der Waals surface area contributed by atoms with E-state index < -0.39 is 17.8 Å². The lowest BCUT2D eigenvalue weighted by atomic mass is 10.1. The van der Waals surface area contributed by atoms with E-state index in [2.05, 4.69) is 25.6 Å². The number of aromatic nitrogens is 4. The highest BCUT2D eigenvalue weighted by Crippen LogP contribution is 2.32. The van der Waals surface area contributed by atoms with Gasteiger partial charge in [0, 0.05) is 67.6 Å². The Balaban J connectivity index is 1.28. The van der Waals surface area contributed by atoms with Gasteiger partial charge in [-0.25, -0.2) is 24.1 Å². The summed E-state index contributed by atoms with van der Waals surface area (Å²) in [6.45, 7) is 2.10. The van der Waals surface area contributed by atoms with Gasteiger partial charge in [0.05, 0.1) is 24.3 Å². The smallest absolute Gasteiger partial charge is 0.323 e. The Morgan fingerprint density at radius 1 is 0.889 bits per heavy atom. The fourth-order valence-corrected chi connectivity index (χ4v) is 4.89. The summed E-state index contributed by atoms with van der Waals surface area (Å²) in [5, 5.41) is 5.27. The Hall–Kier alpha value is -5.56. The molecule has 0 spiro atoms. The summed E-state index contributed by atoms with van der Waals surface area (Å²) in [4.78, 5) is 45.8. The van der Waals surface area contributed by atoms with E-state index in [1.165, 1.54) is 23.2 Å². The first-order valence-electron chi connectivity index (χ1n) is 14.1. The molecule has 1 fully saturated rings. The number of fused-ring (bicyclic) bond motifs is 1. The van der Waals surface area contributed by atoms with Gasteiger partial charge in [0.1, 0.15) is 11.3 Å². The minimum absolute atomic E-state index is 0.107. The van der Waals surface area contributed by atoms with Gasteiger partial charge in [0.25, 0.3) is 5.91 Å². The van der Waals surface area contributed by atoms with Crippen LogP contribution in [-0.4, -0.2) is 77.2 Å². The molecule has 13 heteroatoms. The summed E-state index contributed by atoms with van der Waals surface area (Å²) in [7, 11) is 3.31. The fourth-order valence-electron chi connectivity index (χ4n) is 4.89. The lowest BCUT2D eigenvalue weighted by molar-refractivity contribution is 0.0827. The topological polar surface area (TPSA) is 125 Å². The van der Waals surface area contributed by atoms with Crippen molar-refractivity contribution in [2.75, 3.05) is 55.9 Å². The van der Waals surface area contributed by atoms with Gasteiger partial charge in [0.2, 0.25) is 5.95 Å². The summed E-state index contributed by atoms with van der Waals surface area (Å²) >= 11 is 0. The number of urea groups is 1. The van der Waals surface area contributed by atoms with Crippen molar-refractivity contribution in [2.24, 2.45) is 0 Å². The van der Waals surface area contributed by atoms with Crippen molar-refractivity contribution in [1.29, 1.82) is 0 Å². The van der Waals surface area contributed by atoms with Crippen molar-refractivity contribution in [3.63, 3.8) is 0 Å². The predicted molar refractivity (Wildman–Crippen MR) is 166 cm³/mol. The van der Waals surface area contributed by atoms with Crippen LogP contribution in [0.15, 0.2) is 73.1 Å². The Labute approximate surface area is 256 Å². The molecule has 1 aliphatic rings. The Morgan fingerprint density at radius 2 is 1.62 bits per heavy atom. The number of nitrogens with zero attached hydrogens (tertiary/aromatic N) is 6. The Kier molecular flexibility index (Phi) is 8.25. The molecule has 45 heavy (non-hydrogen) atoms. The molecule has 0 saturated carbocycles. The van der Waals surface area contributed by atoms with Gasteiger partial charge in [-0.05, 0) is 60.7 Å². The lowest BCUT2D eigenvalue weighted by Gasteiger charge is -2.28. The summed E-state index contributed by atoms with van der Waals surface area (Å²) in [5.41, 5.74) is 2.87. The molecule has 6 rings (SSSR count). The molecule has 0 unspecified atom stereocenters. The molecule has 11 nitrogen and oxygen atoms in total. The number of amides is 3. The summed E-state index contributed by atoms with van der Waals surface area (Å²) < 4.78 is 35.5. The Bertz CT molecular complexity index is 1900. The highest BCUT2D eigenvalue weighted by atomic mass is 19.1. The minimum Gasteiger partial charge on any atom is -0.378 e. The number of morpholine rings is 1. The first kappa shape index (κ1) is 29.5. The monoisotopic (exact) mass is 610 g/mol. The molecule has 5 aromatic rings. The van der Waals surface area contributed by atoms with Crippen molar-refractivity contribution in [3.05, 3.63) is 90.4 Å². The van der Waals surface area contributed by atoms with Gasteiger partial charge >= 0.3 is 6.03 Å². The van der Waals surface area contributed by atoms with Crippen molar-refractivity contribution < 1.29 is 23.1 Å². The minimum atomic E-state index is -0.658. The highest BCUT2D eigenvalue weighted by Gasteiger charge is 2.21. The number of carbonyl (C=O) groups is 2. The third kappa shape index (κ3) is 6.38. The normalized spacial score (nSPS) is 13.0. The van der Waals surface area contributed by atoms with Crippen LogP contribution in [0, 0.1) is 11.8 Å². The van der Waals surface area contributed by atoms with Gasteiger partial charge < -0.3 is 25.2 Å². The zero-order valence-corrected chi connectivity index (χ0v) is 24.4. The molecule has 3 amide bonds. The number of ether oxygens (including phenoxy) is 1.